The first kappa shape index (κ1) is 20.2. The average molecular weight is 343 g/mol. The summed E-state index contributed by atoms with van der Waals surface area (Å²) in [6, 6.07) is 2.94. The molecule has 1 aromatic rings. The molecule has 3 N–H and O–H groups in total. The van der Waals surface area contributed by atoms with Crippen LogP contribution in [0.15, 0.2) is 18.2 Å². The molecule has 134 valence electrons. The zero-order valence-corrected chi connectivity index (χ0v) is 14.0. The van der Waals surface area contributed by atoms with Gasteiger partial charge in [-0.1, -0.05) is 20.8 Å². The van der Waals surface area contributed by atoms with Gasteiger partial charge in [0, 0.05) is 23.9 Å². The van der Waals surface area contributed by atoms with E-state index in [1.807, 2.05) is 0 Å². The average Bonchev–Trinajstić information content (AvgIpc) is 2.54. The van der Waals surface area contributed by atoms with E-state index in [0.29, 0.717) is 0 Å². The first-order valence-corrected chi connectivity index (χ1v) is 7.63. The highest BCUT2D eigenvalue weighted by Gasteiger charge is 2.32. The molecule has 0 radical (unpaired) electrons. The molecule has 0 heterocycles. The Hall–Kier alpha value is -1.86. The first-order valence-electron chi connectivity index (χ1n) is 7.63. The molecule has 2 atom stereocenters. The van der Waals surface area contributed by atoms with Crippen molar-refractivity contribution in [3.05, 3.63) is 35.4 Å². The maximum atomic E-state index is 13.1. The number of ketones is 1. The van der Waals surface area contributed by atoms with Crippen LogP contribution in [0.25, 0.3) is 0 Å². The molecule has 7 heteroatoms. The van der Waals surface area contributed by atoms with Crippen molar-refractivity contribution in [1.82, 2.24) is 5.32 Å². The predicted octanol–water partition coefficient (Wildman–Crippen LogP) is 1.67. The Bertz CT molecular complexity index is 604. The van der Waals surface area contributed by atoms with E-state index in [2.05, 4.69) is 5.32 Å². The summed E-state index contributed by atoms with van der Waals surface area (Å²) in [6.45, 7) is 4.58. The number of rotatable bonds is 8. The van der Waals surface area contributed by atoms with Crippen LogP contribution in [0.1, 0.15) is 37.6 Å². The van der Waals surface area contributed by atoms with Crippen LogP contribution in [0.5, 0.6) is 0 Å². The molecule has 1 amide bonds. The third kappa shape index (κ3) is 5.35. The van der Waals surface area contributed by atoms with Gasteiger partial charge >= 0.3 is 0 Å². The summed E-state index contributed by atoms with van der Waals surface area (Å²) < 4.78 is 26.0. The molecule has 2 unspecified atom stereocenters. The monoisotopic (exact) mass is 343 g/mol. The van der Waals surface area contributed by atoms with Gasteiger partial charge in [-0.05, 0) is 24.1 Å². The lowest BCUT2D eigenvalue weighted by Crippen LogP contribution is -2.46. The fourth-order valence-corrected chi connectivity index (χ4v) is 1.99. The number of amides is 1. The maximum absolute atomic E-state index is 13.1. The van der Waals surface area contributed by atoms with Gasteiger partial charge in [-0.2, -0.15) is 0 Å². The summed E-state index contributed by atoms with van der Waals surface area (Å²) >= 11 is 0. The first-order chi connectivity index (χ1) is 11.1. The number of aliphatic hydroxyl groups is 2. The van der Waals surface area contributed by atoms with Crippen molar-refractivity contribution in [2.24, 2.45) is 11.3 Å². The lowest BCUT2D eigenvalue weighted by atomic mass is 9.87. The van der Waals surface area contributed by atoms with Gasteiger partial charge in [0.05, 0.1) is 6.61 Å². The van der Waals surface area contributed by atoms with Crippen LogP contribution >= 0.6 is 0 Å². The second kappa shape index (κ2) is 8.30. The topological polar surface area (TPSA) is 86.6 Å². The molecule has 0 fully saturated rings. The van der Waals surface area contributed by atoms with Gasteiger partial charge in [0.2, 0.25) is 5.91 Å². The second-order valence-corrected chi connectivity index (χ2v) is 6.66. The van der Waals surface area contributed by atoms with Gasteiger partial charge < -0.3 is 15.5 Å². The molecule has 0 aliphatic rings. The smallest absolute Gasteiger partial charge is 0.249 e. The fraction of sp³-hybridized carbons (Fsp3) is 0.529. The zero-order valence-electron chi connectivity index (χ0n) is 14.0. The maximum Gasteiger partial charge on any atom is 0.249 e. The number of hydrogen-bond donors (Lipinski definition) is 3. The summed E-state index contributed by atoms with van der Waals surface area (Å²) in [4.78, 5) is 23.9. The van der Waals surface area contributed by atoms with Crippen LogP contribution in [0.4, 0.5) is 8.78 Å². The van der Waals surface area contributed by atoms with E-state index in [1.54, 1.807) is 20.8 Å². The fourth-order valence-electron chi connectivity index (χ4n) is 1.99. The molecule has 0 saturated heterocycles. The highest BCUT2D eigenvalue weighted by molar-refractivity contribution is 5.96. The Morgan fingerprint density at radius 3 is 2.42 bits per heavy atom. The van der Waals surface area contributed by atoms with Crippen LogP contribution in [0.3, 0.4) is 0 Å². The highest BCUT2D eigenvalue weighted by Crippen LogP contribution is 2.19. The lowest BCUT2D eigenvalue weighted by molar-refractivity contribution is -0.137. The molecular weight excluding hydrogens is 320 g/mol. The van der Waals surface area contributed by atoms with E-state index < -0.39 is 29.1 Å². The minimum atomic E-state index is -1.38. The van der Waals surface area contributed by atoms with E-state index in [0.717, 1.165) is 12.1 Å². The van der Waals surface area contributed by atoms with Crippen LogP contribution in [-0.2, 0) is 4.79 Å². The van der Waals surface area contributed by atoms with Crippen LogP contribution in [0, 0.1) is 23.0 Å². The van der Waals surface area contributed by atoms with Crippen LogP contribution < -0.4 is 5.32 Å². The lowest BCUT2D eigenvalue weighted by Gasteiger charge is -2.27. The van der Waals surface area contributed by atoms with Gasteiger partial charge in [-0.3, -0.25) is 9.59 Å². The molecular formula is C17H23F2NO4. The van der Waals surface area contributed by atoms with Crippen molar-refractivity contribution < 1.29 is 28.6 Å². The molecule has 1 rings (SSSR count). The Kier molecular flexibility index (Phi) is 6.98. The van der Waals surface area contributed by atoms with E-state index in [1.165, 1.54) is 6.07 Å². The van der Waals surface area contributed by atoms with Gasteiger partial charge in [0.1, 0.15) is 6.10 Å². The Balaban J connectivity index is 2.54. The summed E-state index contributed by atoms with van der Waals surface area (Å²) in [5.41, 5.74) is -0.914. The van der Waals surface area contributed by atoms with Crippen molar-refractivity contribution in [2.45, 2.75) is 33.3 Å². The van der Waals surface area contributed by atoms with Crippen molar-refractivity contribution in [1.29, 1.82) is 0 Å². The van der Waals surface area contributed by atoms with Crippen LogP contribution in [0.2, 0.25) is 0 Å². The number of aliphatic hydroxyl groups excluding tert-OH is 2. The van der Waals surface area contributed by atoms with Crippen molar-refractivity contribution in [3.8, 4) is 0 Å². The summed E-state index contributed by atoms with van der Waals surface area (Å²) in [5.74, 6) is -3.38. The number of Topliss-reactive ketones (excluding diaryl/α,β-unsaturated/α-hetero) is 1. The standard InChI is InChI=1S/C17H23F2NO4/c1-10(8-20-16(24)15(23)17(2,3)9-21)6-14(22)11-4-5-12(18)13(19)7-11/h4-5,7,10,15,21,23H,6,8-9H2,1-3H3,(H,20,24). The highest BCUT2D eigenvalue weighted by atomic mass is 19.2. The Labute approximate surface area is 139 Å². The number of carbonyl (C=O) groups excluding carboxylic acids is 2. The van der Waals surface area contributed by atoms with Gasteiger partial charge in [-0.25, -0.2) is 8.78 Å². The van der Waals surface area contributed by atoms with Crippen molar-refractivity contribution in [2.75, 3.05) is 13.2 Å². The SMILES string of the molecule is CC(CNC(=O)C(O)C(C)(C)CO)CC(=O)c1ccc(F)c(F)c1. The minimum absolute atomic E-state index is 0.0326. The Morgan fingerprint density at radius 2 is 1.88 bits per heavy atom. The van der Waals surface area contributed by atoms with E-state index in [9.17, 15) is 23.5 Å². The largest absolute Gasteiger partial charge is 0.396 e. The molecule has 1 aromatic carbocycles. The van der Waals surface area contributed by atoms with Crippen molar-refractivity contribution >= 4 is 11.7 Å². The third-order valence-corrected chi connectivity index (χ3v) is 3.80. The summed E-state index contributed by atoms with van der Waals surface area (Å²) in [7, 11) is 0. The Morgan fingerprint density at radius 1 is 1.25 bits per heavy atom. The third-order valence-electron chi connectivity index (χ3n) is 3.80. The number of nitrogens with one attached hydrogen (secondary N) is 1. The minimum Gasteiger partial charge on any atom is -0.396 e. The number of carbonyl (C=O) groups is 2. The molecule has 5 nitrogen and oxygen atoms in total. The van der Waals surface area contributed by atoms with Crippen molar-refractivity contribution in [3.63, 3.8) is 0 Å². The summed E-state index contributed by atoms with van der Waals surface area (Å²) in [5, 5.41) is 21.5. The predicted molar refractivity (Wildman–Crippen MR) is 84.4 cm³/mol. The zero-order chi connectivity index (χ0) is 18.5. The molecule has 24 heavy (non-hydrogen) atoms. The second-order valence-electron chi connectivity index (χ2n) is 6.66. The quantitative estimate of drug-likeness (QED) is 0.627. The number of benzene rings is 1. The van der Waals surface area contributed by atoms with Gasteiger partial charge in [0.15, 0.2) is 17.4 Å². The molecule has 0 spiro atoms. The van der Waals surface area contributed by atoms with E-state index in [4.69, 9.17) is 5.11 Å². The van der Waals surface area contributed by atoms with Gasteiger partial charge in [0.25, 0.3) is 0 Å². The summed E-state index contributed by atoms with van der Waals surface area (Å²) in [6.07, 6.45) is -1.35. The molecule has 0 bridgehead atoms. The normalized spacial score (nSPS) is 14.1. The van der Waals surface area contributed by atoms with E-state index >= 15 is 0 Å². The van der Waals surface area contributed by atoms with E-state index in [-0.39, 0.29) is 36.8 Å². The van der Waals surface area contributed by atoms with Crippen LogP contribution in [-0.4, -0.2) is 41.2 Å². The molecule has 0 aromatic heterocycles. The number of halogens is 2. The molecule has 0 saturated carbocycles. The molecule has 0 aliphatic carbocycles. The van der Waals surface area contributed by atoms with Gasteiger partial charge in [-0.15, -0.1) is 0 Å². The molecule has 0 aliphatic heterocycles. The number of hydrogen-bond acceptors (Lipinski definition) is 4.